The zero-order valence-electron chi connectivity index (χ0n) is 13.1. The molecule has 0 aliphatic carbocycles. The summed E-state index contributed by atoms with van der Waals surface area (Å²) in [6, 6.07) is 5.76. The fourth-order valence-corrected chi connectivity index (χ4v) is 1.98. The van der Waals surface area contributed by atoms with Gasteiger partial charge in [-0.2, -0.15) is 5.26 Å². The number of urea groups is 1. The quantitative estimate of drug-likeness (QED) is 0.417. The van der Waals surface area contributed by atoms with Gasteiger partial charge in [-0.05, 0) is 24.3 Å². The molecule has 0 saturated carbocycles. The molecular formula is C14H15N5O5S. The number of benzene rings is 1. The molecule has 1 aromatic rings. The van der Waals surface area contributed by atoms with Crippen LogP contribution in [0.1, 0.15) is 13.3 Å². The highest BCUT2D eigenvalue weighted by molar-refractivity contribution is 7.89. The van der Waals surface area contributed by atoms with Crippen molar-refractivity contribution in [3.05, 3.63) is 36.0 Å². The van der Waals surface area contributed by atoms with Gasteiger partial charge in [0.2, 0.25) is 15.9 Å². The third-order valence-corrected chi connectivity index (χ3v) is 3.66. The number of carbonyl (C=O) groups excluding carboxylic acids is 3. The molecule has 0 radical (unpaired) electrons. The molecule has 1 rings (SSSR count). The summed E-state index contributed by atoms with van der Waals surface area (Å²) in [6.45, 7) is 1.52. The van der Waals surface area contributed by atoms with E-state index in [9.17, 15) is 22.8 Å². The van der Waals surface area contributed by atoms with Gasteiger partial charge >= 0.3 is 6.03 Å². The molecule has 5 N–H and O–H groups in total. The minimum atomic E-state index is -3.83. The van der Waals surface area contributed by atoms with Crippen molar-refractivity contribution in [3.8, 4) is 6.07 Å². The van der Waals surface area contributed by atoms with Crippen LogP contribution in [-0.2, 0) is 19.6 Å². The predicted octanol–water partition coefficient (Wildman–Crippen LogP) is -0.0842. The summed E-state index contributed by atoms with van der Waals surface area (Å²) in [5.41, 5.74) is -0.0619. The zero-order valence-corrected chi connectivity index (χ0v) is 13.9. The van der Waals surface area contributed by atoms with E-state index in [0.717, 1.165) is 6.20 Å². The molecule has 0 atom stereocenters. The van der Waals surface area contributed by atoms with Crippen LogP contribution in [0.3, 0.4) is 0 Å². The Kier molecular flexibility index (Phi) is 6.80. The number of sulfonamides is 1. The number of nitrogens with one attached hydrogen (secondary N) is 3. The Hall–Kier alpha value is -3.23. The summed E-state index contributed by atoms with van der Waals surface area (Å²) in [6.07, 6.45) is 1.08. The minimum absolute atomic E-state index is 0.0542. The Morgan fingerprint density at radius 3 is 2.28 bits per heavy atom. The largest absolute Gasteiger partial charge is 0.360 e. The number of hydrogen-bond acceptors (Lipinski definition) is 7. The first-order chi connectivity index (χ1) is 11.7. The predicted molar refractivity (Wildman–Crippen MR) is 87.1 cm³/mol. The lowest BCUT2D eigenvalue weighted by Gasteiger charge is -2.05. The first-order valence-corrected chi connectivity index (χ1v) is 8.36. The first-order valence-electron chi connectivity index (χ1n) is 6.82. The normalized spacial score (nSPS) is 11.2. The number of primary sulfonamides is 1. The van der Waals surface area contributed by atoms with Crippen molar-refractivity contribution in [1.82, 2.24) is 10.6 Å². The standard InChI is InChI=1S/C14H15N5O5S/c1-2-12(20)18-14(22)19-13(21)9(7-15)8-17-10-3-5-11(6-4-10)25(16,23)24/h3-6,8,17H,2H2,1H3,(H2,16,23,24)(H2,18,19,20,21,22)/b9-8-. The molecule has 0 aromatic heterocycles. The van der Waals surface area contributed by atoms with Gasteiger partial charge in [-0.3, -0.25) is 20.2 Å². The lowest BCUT2D eigenvalue weighted by molar-refractivity contribution is -0.119. The number of nitrogens with zero attached hydrogens (tertiary/aromatic N) is 1. The van der Waals surface area contributed by atoms with E-state index in [1.54, 1.807) is 6.07 Å². The number of carbonyl (C=O) groups is 3. The first kappa shape index (κ1) is 19.8. The minimum Gasteiger partial charge on any atom is -0.360 e. The third-order valence-electron chi connectivity index (χ3n) is 2.73. The van der Waals surface area contributed by atoms with Gasteiger partial charge < -0.3 is 5.32 Å². The number of amides is 4. The van der Waals surface area contributed by atoms with Gasteiger partial charge in [0.15, 0.2) is 0 Å². The van der Waals surface area contributed by atoms with E-state index in [4.69, 9.17) is 10.4 Å². The molecule has 0 spiro atoms. The summed E-state index contributed by atoms with van der Waals surface area (Å²) in [4.78, 5) is 34.0. The molecule has 25 heavy (non-hydrogen) atoms. The molecule has 0 saturated heterocycles. The van der Waals surface area contributed by atoms with Gasteiger partial charge in [-0.25, -0.2) is 18.4 Å². The monoisotopic (exact) mass is 365 g/mol. The Bertz CT molecular complexity index is 853. The fraction of sp³-hybridized carbons (Fsp3) is 0.143. The van der Waals surface area contributed by atoms with E-state index in [0.29, 0.717) is 5.69 Å². The average Bonchev–Trinajstić information content (AvgIpc) is 2.54. The summed E-state index contributed by atoms with van der Waals surface area (Å²) in [5.74, 6) is -1.60. The van der Waals surface area contributed by atoms with Gasteiger partial charge in [0.05, 0.1) is 4.90 Å². The molecule has 132 valence electrons. The van der Waals surface area contributed by atoms with Crippen molar-refractivity contribution < 1.29 is 22.8 Å². The van der Waals surface area contributed by atoms with Crippen molar-refractivity contribution in [2.24, 2.45) is 5.14 Å². The molecule has 0 heterocycles. The van der Waals surface area contributed by atoms with Gasteiger partial charge in [0.1, 0.15) is 11.6 Å². The smallest absolute Gasteiger partial charge is 0.328 e. The summed E-state index contributed by atoms with van der Waals surface area (Å²) < 4.78 is 22.3. The highest BCUT2D eigenvalue weighted by atomic mass is 32.2. The van der Waals surface area contributed by atoms with Crippen LogP contribution in [0.15, 0.2) is 40.9 Å². The number of nitrogens with two attached hydrogens (primary N) is 1. The Morgan fingerprint density at radius 1 is 1.20 bits per heavy atom. The summed E-state index contributed by atoms with van der Waals surface area (Å²) >= 11 is 0. The zero-order chi connectivity index (χ0) is 19.0. The number of anilines is 1. The van der Waals surface area contributed by atoms with Crippen molar-refractivity contribution in [2.75, 3.05) is 5.32 Å². The molecule has 0 fully saturated rings. The second-order valence-corrected chi connectivity index (χ2v) is 6.13. The number of rotatable bonds is 5. The SMILES string of the molecule is CCC(=O)NC(=O)NC(=O)/C(C#N)=C\Nc1ccc(S(N)(=O)=O)cc1. The van der Waals surface area contributed by atoms with Gasteiger partial charge in [0.25, 0.3) is 5.91 Å². The maximum atomic E-state index is 11.8. The molecule has 0 unspecified atom stereocenters. The van der Waals surface area contributed by atoms with E-state index in [1.807, 2.05) is 10.6 Å². The lowest BCUT2D eigenvalue weighted by atomic mass is 10.3. The Balaban J connectivity index is 2.76. The molecule has 0 aliphatic heterocycles. The van der Waals surface area contributed by atoms with E-state index in [-0.39, 0.29) is 11.3 Å². The molecular weight excluding hydrogens is 350 g/mol. The van der Waals surface area contributed by atoms with Gasteiger partial charge in [0, 0.05) is 18.3 Å². The fourth-order valence-electron chi connectivity index (χ4n) is 1.46. The van der Waals surface area contributed by atoms with Gasteiger partial charge in [-0.15, -0.1) is 0 Å². The molecule has 0 bridgehead atoms. The van der Waals surface area contributed by atoms with Crippen LogP contribution >= 0.6 is 0 Å². The molecule has 4 amide bonds. The summed E-state index contributed by atoms with van der Waals surface area (Å²) in [5, 5.41) is 20.2. The van der Waals surface area contributed by atoms with Gasteiger partial charge in [-0.1, -0.05) is 6.92 Å². The maximum Gasteiger partial charge on any atom is 0.328 e. The third kappa shape index (κ3) is 6.42. The van der Waals surface area contributed by atoms with Crippen LogP contribution in [0.2, 0.25) is 0 Å². The topological polar surface area (TPSA) is 171 Å². The van der Waals surface area contributed by atoms with E-state index < -0.39 is 33.4 Å². The number of imide groups is 2. The highest BCUT2D eigenvalue weighted by Gasteiger charge is 2.14. The number of hydrogen-bond donors (Lipinski definition) is 4. The van der Waals surface area contributed by atoms with Crippen LogP contribution in [-0.4, -0.2) is 26.3 Å². The Morgan fingerprint density at radius 2 is 1.80 bits per heavy atom. The lowest BCUT2D eigenvalue weighted by Crippen LogP contribution is -2.42. The second kappa shape index (κ2) is 8.57. The highest BCUT2D eigenvalue weighted by Crippen LogP contribution is 2.13. The van der Waals surface area contributed by atoms with Crippen LogP contribution in [0.25, 0.3) is 0 Å². The average molecular weight is 365 g/mol. The van der Waals surface area contributed by atoms with Crippen LogP contribution in [0.5, 0.6) is 0 Å². The Labute approximate surface area is 143 Å². The van der Waals surface area contributed by atoms with Crippen molar-refractivity contribution in [3.63, 3.8) is 0 Å². The molecule has 1 aromatic carbocycles. The van der Waals surface area contributed by atoms with Crippen LogP contribution in [0, 0.1) is 11.3 Å². The molecule has 11 heteroatoms. The van der Waals surface area contributed by atoms with Crippen molar-refractivity contribution in [2.45, 2.75) is 18.2 Å². The van der Waals surface area contributed by atoms with Crippen molar-refractivity contribution >= 4 is 33.6 Å². The van der Waals surface area contributed by atoms with Crippen LogP contribution in [0.4, 0.5) is 10.5 Å². The van der Waals surface area contributed by atoms with E-state index in [2.05, 4.69) is 5.32 Å². The van der Waals surface area contributed by atoms with E-state index >= 15 is 0 Å². The summed E-state index contributed by atoms with van der Waals surface area (Å²) in [7, 11) is -3.83. The van der Waals surface area contributed by atoms with Crippen molar-refractivity contribution in [1.29, 1.82) is 5.26 Å². The second-order valence-electron chi connectivity index (χ2n) is 4.57. The molecule has 0 aliphatic rings. The van der Waals surface area contributed by atoms with Crippen LogP contribution < -0.4 is 21.1 Å². The molecule has 10 nitrogen and oxygen atoms in total. The maximum absolute atomic E-state index is 11.8. The van der Waals surface area contributed by atoms with E-state index in [1.165, 1.54) is 31.2 Å². The number of nitriles is 1.